The molecule has 0 bridgehead atoms. The van der Waals surface area contributed by atoms with E-state index in [9.17, 15) is 0 Å². The Bertz CT molecular complexity index is 567. The molecule has 1 aliphatic heterocycles. The molecule has 0 radical (unpaired) electrons. The molecular weight excluding hydrogens is 274 g/mol. The van der Waals surface area contributed by atoms with Crippen molar-refractivity contribution < 1.29 is 5.11 Å². The van der Waals surface area contributed by atoms with Crippen LogP contribution in [0.4, 0.5) is 0 Å². The zero-order valence-electron chi connectivity index (χ0n) is 14.0. The van der Waals surface area contributed by atoms with Crippen molar-refractivity contribution in [1.29, 1.82) is 0 Å². The summed E-state index contributed by atoms with van der Waals surface area (Å²) in [6.45, 7) is 8.75. The molecule has 2 atom stereocenters. The van der Waals surface area contributed by atoms with Gasteiger partial charge in [-0.2, -0.15) is 0 Å². The van der Waals surface area contributed by atoms with Crippen molar-refractivity contribution in [2.45, 2.75) is 52.6 Å². The number of hydrogen-bond acceptors (Lipinski definition) is 4. The number of nitrogens with zero attached hydrogens (tertiary/aromatic N) is 2. The van der Waals surface area contributed by atoms with Gasteiger partial charge in [-0.15, -0.1) is 0 Å². The number of nitrogens with two attached hydrogens (primary N) is 1. The van der Waals surface area contributed by atoms with Crippen molar-refractivity contribution in [2.24, 2.45) is 21.1 Å². The second-order valence-electron chi connectivity index (χ2n) is 7.05. The molecule has 1 aromatic carbocycles. The molecule has 0 aliphatic carbocycles. The summed E-state index contributed by atoms with van der Waals surface area (Å²) < 4.78 is 0. The largest absolute Gasteiger partial charge is 0.396 e. The number of rotatable bonds is 5. The normalized spacial score (nSPS) is 19.8. The summed E-state index contributed by atoms with van der Waals surface area (Å²) in [5.41, 5.74) is 9.36. The molecule has 0 amide bonds. The van der Waals surface area contributed by atoms with E-state index in [0.717, 1.165) is 23.5 Å². The third-order valence-corrected chi connectivity index (χ3v) is 3.92. The summed E-state index contributed by atoms with van der Waals surface area (Å²) in [4.78, 5) is 9.42. The fourth-order valence-corrected chi connectivity index (χ4v) is 2.77. The van der Waals surface area contributed by atoms with E-state index in [1.165, 1.54) is 5.56 Å². The van der Waals surface area contributed by atoms with Crippen LogP contribution in [-0.2, 0) is 6.42 Å². The van der Waals surface area contributed by atoms with Gasteiger partial charge in [0.15, 0.2) is 5.84 Å². The highest BCUT2D eigenvalue weighted by molar-refractivity contribution is 6.14. The zero-order chi connectivity index (χ0) is 16.3. The molecule has 1 aromatic rings. The smallest absolute Gasteiger partial charge is 0.155 e. The summed E-state index contributed by atoms with van der Waals surface area (Å²) in [5.74, 6) is 0.823. The minimum Gasteiger partial charge on any atom is -0.396 e. The molecule has 1 unspecified atom stereocenters. The van der Waals surface area contributed by atoms with Crippen LogP contribution in [0.2, 0.25) is 0 Å². The molecule has 120 valence electrons. The number of aliphatic imine (C=N–C) groups is 2. The van der Waals surface area contributed by atoms with Crippen LogP contribution in [0.1, 0.15) is 45.2 Å². The van der Waals surface area contributed by atoms with E-state index in [0.29, 0.717) is 6.42 Å². The second kappa shape index (κ2) is 6.71. The second-order valence-corrected chi connectivity index (χ2v) is 7.05. The molecular formula is C18H27N3O. The van der Waals surface area contributed by atoms with Crippen LogP contribution in [0.3, 0.4) is 0 Å². The molecule has 2 rings (SSSR count). The Hall–Kier alpha value is -1.52. The molecule has 0 fully saturated rings. The van der Waals surface area contributed by atoms with E-state index in [4.69, 9.17) is 15.8 Å². The molecule has 3 N–H and O–H groups in total. The molecule has 4 heteroatoms. The predicted molar refractivity (Wildman–Crippen MR) is 92.7 cm³/mol. The Labute approximate surface area is 133 Å². The van der Waals surface area contributed by atoms with Crippen molar-refractivity contribution in [1.82, 2.24) is 0 Å². The molecule has 1 aliphatic rings. The first kappa shape index (κ1) is 16.8. The average molecular weight is 301 g/mol. The van der Waals surface area contributed by atoms with E-state index in [-0.39, 0.29) is 24.1 Å². The minimum atomic E-state index is 0.00482. The van der Waals surface area contributed by atoms with Gasteiger partial charge in [-0.05, 0) is 25.3 Å². The SMILES string of the molecule is CC1N=C(c2ccc(C[C@H](N)CCO)cc2)N=C1C(C)(C)C. The topological polar surface area (TPSA) is 71.0 Å². The van der Waals surface area contributed by atoms with Gasteiger partial charge in [0.05, 0.1) is 11.8 Å². The maximum absolute atomic E-state index is 8.91. The molecule has 22 heavy (non-hydrogen) atoms. The van der Waals surface area contributed by atoms with Gasteiger partial charge in [-0.25, -0.2) is 4.99 Å². The average Bonchev–Trinajstić information content (AvgIpc) is 2.82. The number of aliphatic hydroxyl groups excluding tert-OH is 1. The van der Waals surface area contributed by atoms with E-state index in [2.05, 4.69) is 57.0 Å². The van der Waals surface area contributed by atoms with Crippen molar-refractivity contribution in [3.8, 4) is 0 Å². The quantitative estimate of drug-likeness (QED) is 0.877. The Morgan fingerprint density at radius 3 is 2.36 bits per heavy atom. The maximum Gasteiger partial charge on any atom is 0.155 e. The van der Waals surface area contributed by atoms with Crippen molar-refractivity contribution in [2.75, 3.05) is 6.61 Å². The number of benzene rings is 1. The van der Waals surface area contributed by atoms with Gasteiger partial charge in [0.2, 0.25) is 0 Å². The monoisotopic (exact) mass is 301 g/mol. The van der Waals surface area contributed by atoms with Crippen molar-refractivity contribution in [3.05, 3.63) is 35.4 Å². The summed E-state index contributed by atoms with van der Waals surface area (Å²) in [6, 6.07) is 8.41. The Morgan fingerprint density at radius 2 is 1.86 bits per heavy atom. The van der Waals surface area contributed by atoms with Gasteiger partial charge in [-0.1, -0.05) is 45.0 Å². The summed E-state index contributed by atoms with van der Waals surface area (Å²) >= 11 is 0. The molecule has 4 nitrogen and oxygen atoms in total. The summed E-state index contributed by atoms with van der Waals surface area (Å²) in [7, 11) is 0. The van der Waals surface area contributed by atoms with E-state index < -0.39 is 0 Å². The van der Waals surface area contributed by atoms with Gasteiger partial charge < -0.3 is 10.8 Å². The van der Waals surface area contributed by atoms with Crippen LogP contribution >= 0.6 is 0 Å². The lowest BCUT2D eigenvalue weighted by molar-refractivity contribution is 0.275. The number of amidine groups is 1. The molecule has 0 aromatic heterocycles. The van der Waals surface area contributed by atoms with Gasteiger partial charge in [0.1, 0.15) is 0 Å². The maximum atomic E-state index is 8.91. The van der Waals surface area contributed by atoms with Crippen LogP contribution < -0.4 is 5.73 Å². The van der Waals surface area contributed by atoms with E-state index in [1.54, 1.807) is 0 Å². The van der Waals surface area contributed by atoms with Crippen molar-refractivity contribution in [3.63, 3.8) is 0 Å². The highest BCUT2D eigenvalue weighted by Crippen LogP contribution is 2.25. The van der Waals surface area contributed by atoms with Gasteiger partial charge in [-0.3, -0.25) is 4.99 Å². The number of hydrogen-bond donors (Lipinski definition) is 2. The van der Waals surface area contributed by atoms with Crippen LogP contribution in [0.15, 0.2) is 34.3 Å². The number of aliphatic hydroxyl groups is 1. The highest BCUT2D eigenvalue weighted by atomic mass is 16.3. The first-order valence-corrected chi connectivity index (χ1v) is 7.94. The minimum absolute atomic E-state index is 0.00482. The fraction of sp³-hybridized carbons (Fsp3) is 0.556. The third-order valence-electron chi connectivity index (χ3n) is 3.92. The first-order chi connectivity index (χ1) is 10.3. The fourth-order valence-electron chi connectivity index (χ4n) is 2.77. The predicted octanol–water partition coefficient (Wildman–Crippen LogP) is 2.57. The Balaban J connectivity index is 2.12. The Morgan fingerprint density at radius 1 is 1.23 bits per heavy atom. The molecule has 1 heterocycles. The van der Waals surface area contributed by atoms with E-state index >= 15 is 0 Å². The third kappa shape index (κ3) is 4.02. The first-order valence-electron chi connectivity index (χ1n) is 7.94. The van der Waals surface area contributed by atoms with Gasteiger partial charge >= 0.3 is 0 Å². The van der Waals surface area contributed by atoms with Crippen LogP contribution in [-0.4, -0.2) is 35.3 Å². The van der Waals surface area contributed by atoms with Crippen molar-refractivity contribution >= 4 is 11.5 Å². The lowest BCUT2D eigenvalue weighted by Crippen LogP contribution is -2.27. The van der Waals surface area contributed by atoms with Crippen LogP contribution in [0.25, 0.3) is 0 Å². The van der Waals surface area contributed by atoms with Crippen LogP contribution in [0.5, 0.6) is 0 Å². The Kier molecular flexibility index (Phi) is 5.14. The highest BCUT2D eigenvalue weighted by Gasteiger charge is 2.29. The van der Waals surface area contributed by atoms with Crippen LogP contribution in [0, 0.1) is 5.41 Å². The lowest BCUT2D eigenvalue weighted by atomic mass is 9.86. The van der Waals surface area contributed by atoms with E-state index in [1.807, 2.05) is 0 Å². The molecule has 0 spiro atoms. The molecule has 0 saturated carbocycles. The summed E-state index contributed by atoms with van der Waals surface area (Å²) in [6.07, 6.45) is 1.41. The molecule has 0 saturated heterocycles. The zero-order valence-corrected chi connectivity index (χ0v) is 14.0. The lowest BCUT2D eigenvalue weighted by Gasteiger charge is -2.20. The summed E-state index contributed by atoms with van der Waals surface area (Å²) in [5, 5.41) is 8.91. The standard InChI is InChI=1S/C18H27N3O/c1-12-16(18(2,3)4)21-17(20-12)14-7-5-13(6-8-14)11-15(19)9-10-22/h5-8,12,15,22H,9-11,19H2,1-4H3/t12?,15-/m1/s1. The van der Waals surface area contributed by atoms with Gasteiger partial charge in [0.25, 0.3) is 0 Å². The van der Waals surface area contributed by atoms with Gasteiger partial charge in [0, 0.05) is 23.6 Å².